The van der Waals surface area contributed by atoms with E-state index >= 15 is 0 Å². The summed E-state index contributed by atoms with van der Waals surface area (Å²) in [6, 6.07) is 12.9. The summed E-state index contributed by atoms with van der Waals surface area (Å²) >= 11 is 0. The molecule has 3 rings (SSSR count). The summed E-state index contributed by atoms with van der Waals surface area (Å²) in [4.78, 5) is 40.7. The summed E-state index contributed by atoms with van der Waals surface area (Å²) in [5, 5.41) is 2.95. The minimum atomic E-state index is -4.01. The van der Waals surface area contributed by atoms with Crippen molar-refractivity contribution in [3.63, 3.8) is 0 Å². The van der Waals surface area contributed by atoms with Crippen LogP contribution in [0.4, 0.5) is 0 Å². The number of hydrogen-bond acceptors (Lipinski definition) is 5. The summed E-state index contributed by atoms with van der Waals surface area (Å²) in [5.74, 6) is -1.28. The van der Waals surface area contributed by atoms with Gasteiger partial charge in [-0.05, 0) is 49.9 Å². The van der Waals surface area contributed by atoms with Gasteiger partial charge in [0.25, 0.3) is 15.9 Å². The van der Waals surface area contributed by atoms with Gasteiger partial charge in [-0.1, -0.05) is 50.2 Å². The molecule has 0 aliphatic carbocycles. The molecule has 3 amide bonds. The molecule has 2 aromatic rings. The van der Waals surface area contributed by atoms with Gasteiger partial charge in [-0.15, -0.1) is 0 Å². The van der Waals surface area contributed by atoms with E-state index < -0.39 is 27.9 Å². The van der Waals surface area contributed by atoms with Crippen LogP contribution < -0.4 is 5.32 Å². The molecule has 0 aromatic heterocycles. The number of fused-ring (bicyclic) bond motifs is 1. The van der Waals surface area contributed by atoms with E-state index in [4.69, 9.17) is 0 Å². The SMILES string of the molecule is CC[C@@H](C)NC(=O)[C@H](CC)N(Cc1ccccc1C)C(=O)CCN1C(=O)c2ccccc2S1(=O)=O. The maximum atomic E-state index is 13.5. The number of benzene rings is 2. The van der Waals surface area contributed by atoms with Crippen molar-refractivity contribution in [3.8, 4) is 0 Å². The Kier molecular flexibility index (Phi) is 8.32. The summed E-state index contributed by atoms with van der Waals surface area (Å²) in [5.41, 5.74) is 1.99. The summed E-state index contributed by atoms with van der Waals surface area (Å²) in [6.45, 7) is 7.56. The molecule has 1 aliphatic heterocycles. The monoisotopic (exact) mass is 499 g/mol. The third-order valence-corrected chi connectivity index (χ3v) is 8.27. The average molecular weight is 500 g/mol. The second kappa shape index (κ2) is 11.0. The predicted octanol–water partition coefficient (Wildman–Crippen LogP) is 3.25. The predicted molar refractivity (Wildman–Crippen MR) is 133 cm³/mol. The van der Waals surface area contributed by atoms with Gasteiger partial charge in [-0.25, -0.2) is 12.7 Å². The van der Waals surface area contributed by atoms with Gasteiger partial charge in [0.1, 0.15) is 10.9 Å². The molecule has 2 aromatic carbocycles. The lowest BCUT2D eigenvalue weighted by Gasteiger charge is -2.32. The van der Waals surface area contributed by atoms with Crippen LogP contribution in [0.5, 0.6) is 0 Å². The van der Waals surface area contributed by atoms with Crippen LogP contribution in [0.15, 0.2) is 53.4 Å². The van der Waals surface area contributed by atoms with Gasteiger partial charge in [0.2, 0.25) is 11.8 Å². The van der Waals surface area contributed by atoms with Crippen molar-refractivity contribution in [2.75, 3.05) is 6.54 Å². The molecule has 0 saturated carbocycles. The van der Waals surface area contributed by atoms with Crippen LogP contribution in [-0.2, 0) is 26.2 Å². The highest BCUT2D eigenvalue weighted by atomic mass is 32.2. The molecular formula is C26H33N3O5S. The van der Waals surface area contributed by atoms with E-state index in [1.54, 1.807) is 12.1 Å². The molecule has 8 nitrogen and oxygen atoms in total. The van der Waals surface area contributed by atoms with E-state index in [9.17, 15) is 22.8 Å². The Hall–Kier alpha value is -3.20. The number of hydrogen-bond donors (Lipinski definition) is 1. The van der Waals surface area contributed by atoms with Crippen molar-refractivity contribution >= 4 is 27.7 Å². The Labute approximate surface area is 207 Å². The first kappa shape index (κ1) is 26.4. The van der Waals surface area contributed by atoms with Gasteiger partial charge in [-0.3, -0.25) is 14.4 Å². The van der Waals surface area contributed by atoms with Crippen molar-refractivity contribution in [2.24, 2.45) is 0 Å². The lowest BCUT2D eigenvalue weighted by Crippen LogP contribution is -2.51. The number of amides is 3. The molecule has 0 saturated heterocycles. The van der Waals surface area contributed by atoms with Crippen molar-refractivity contribution in [1.29, 1.82) is 0 Å². The number of sulfonamides is 1. The van der Waals surface area contributed by atoms with Crippen molar-refractivity contribution < 1.29 is 22.8 Å². The summed E-state index contributed by atoms with van der Waals surface area (Å²) in [7, 11) is -4.01. The van der Waals surface area contributed by atoms with Gasteiger partial charge in [0.05, 0.1) is 5.56 Å². The average Bonchev–Trinajstić information content (AvgIpc) is 3.03. The van der Waals surface area contributed by atoms with E-state index in [1.165, 1.54) is 17.0 Å². The van der Waals surface area contributed by atoms with E-state index in [-0.39, 0.29) is 41.9 Å². The molecule has 0 radical (unpaired) electrons. The van der Waals surface area contributed by atoms with Crippen LogP contribution in [-0.4, -0.2) is 54.0 Å². The highest BCUT2D eigenvalue weighted by Crippen LogP contribution is 2.30. The highest BCUT2D eigenvalue weighted by molar-refractivity contribution is 7.90. The van der Waals surface area contributed by atoms with Gasteiger partial charge < -0.3 is 10.2 Å². The number of carbonyl (C=O) groups excluding carboxylic acids is 3. The van der Waals surface area contributed by atoms with Gasteiger partial charge >= 0.3 is 0 Å². The van der Waals surface area contributed by atoms with E-state index in [1.807, 2.05) is 52.0 Å². The van der Waals surface area contributed by atoms with Crippen molar-refractivity contribution in [3.05, 3.63) is 65.2 Å². The third kappa shape index (κ3) is 5.56. The van der Waals surface area contributed by atoms with E-state index in [0.29, 0.717) is 6.42 Å². The molecule has 1 N–H and O–H groups in total. The zero-order chi connectivity index (χ0) is 25.8. The normalized spacial score (nSPS) is 15.9. The third-order valence-electron chi connectivity index (χ3n) is 6.43. The second-order valence-corrected chi connectivity index (χ2v) is 10.6. The fourth-order valence-electron chi connectivity index (χ4n) is 4.12. The Balaban J connectivity index is 1.84. The molecule has 1 heterocycles. The molecular weight excluding hydrogens is 466 g/mol. The second-order valence-electron chi connectivity index (χ2n) is 8.82. The number of aryl methyl sites for hydroxylation is 1. The van der Waals surface area contributed by atoms with Crippen LogP contribution in [0.25, 0.3) is 0 Å². The Morgan fingerprint density at radius 2 is 1.69 bits per heavy atom. The molecule has 1 aliphatic rings. The van der Waals surface area contributed by atoms with Gasteiger partial charge in [0.15, 0.2) is 0 Å². The minimum absolute atomic E-state index is 0.0437. The maximum absolute atomic E-state index is 13.5. The molecule has 0 spiro atoms. The lowest BCUT2D eigenvalue weighted by atomic mass is 10.1. The Bertz CT molecular complexity index is 1210. The first-order chi connectivity index (χ1) is 16.6. The molecule has 0 unspecified atom stereocenters. The quantitative estimate of drug-likeness (QED) is 0.540. The van der Waals surface area contributed by atoms with Crippen LogP contribution in [0.2, 0.25) is 0 Å². The molecule has 0 fully saturated rings. The summed E-state index contributed by atoms with van der Waals surface area (Å²) < 4.78 is 26.5. The molecule has 0 bridgehead atoms. The van der Waals surface area contributed by atoms with E-state index in [2.05, 4.69) is 5.32 Å². The molecule has 188 valence electrons. The van der Waals surface area contributed by atoms with Crippen molar-refractivity contribution in [2.45, 2.75) is 70.5 Å². The largest absolute Gasteiger partial charge is 0.352 e. The minimum Gasteiger partial charge on any atom is -0.352 e. The van der Waals surface area contributed by atoms with Crippen molar-refractivity contribution in [1.82, 2.24) is 14.5 Å². The first-order valence-corrected chi connectivity index (χ1v) is 13.4. The maximum Gasteiger partial charge on any atom is 0.269 e. The molecule has 35 heavy (non-hydrogen) atoms. The number of nitrogens with zero attached hydrogens (tertiary/aromatic N) is 2. The first-order valence-electron chi connectivity index (χ1n) is 11.9. The van der Waals surface area contributed by atoms with Gasteiger partial charge in [0, 0.05) is 25.6 Å². The zero-order valence-corrected chi connectivity index (χ0v) is 21.5. The fourth-order valence-corrected chi connectivity index (χ4v) is 5.69. The molecule has 2 atom stereocenters. The zero-order valence-electron chi connectivity index (χ0n) is 20.7. The Morgan fingerprint density at radius 1 is 1.03 bits per heavy atom. The van der Waals surface area contributed by atoms with Crippen LogP contribution in [0.1, 0.15) is 61.5 Å². The number of rotatable bonds is 10. The summed E-state index contributed by atoms with van der Waals surface area (Å²) in [6.07, 6.45) is 0.924. The van der Waals surface area contributed by atoms with Crippen LogP contribution in [0, 0.1) is 6.92 Å². The lowest BCUT2D eigenvalue weighted by molar-refractivity contribution is -0.141. The van der Waals surface area contributed by atoms with Gasteiger partial charge in [-0.2, -0.15) is 0 Å². The highest BCUT2D eigenvalue weighted by Gasteiger charge is 2.41. The number of nitrogens with one attached hydrogen (secondary N) is 1. The topological polar surface area (TPSA) is 104 Å². The van der Waals surface area contributed by atoms with E-state index in [0.717, 1.165) is 21.9 Å². The molecule has 9 heteroatoms. The Morgan fingerprint density at radius 3 is 2.31 bits per heavy atom. The van der Waals surface area contributed by atoms with Crippen LogP contribution in [0.3, 0.4) is 0 Å². The fraction of sp³-hybridized carbons (Fsp3) is 0.423. The smallest absolute Gasteiger partial charge is 0.269 e. The number of carbonyl (C=O) groups is 3. The van der Waals surface area contributed by atoms with Crippen LogP contribution >= 0.6 is 0 Å². The standard InChI is InChI=1S/C26H33N3O5S/c1-5-19(4)27-25(31)22(6-2)28(17-20-12-8-7-11-18(20)3)24(30)15-16-29-26(32)21-13-9-10-14-23(21)35(29,33)34/h7-14,19,22H,5-6,15-17H2,1-4H3,(H,27,31)/t19-,22+/m1/s1.